The van der Waals surface area contributed by atoms with Gasteiger partial charge in [0.05, 0.1) is 12.2 Å². The number of aliphatic hydroxyl groups is 2. The second kappa shape index (κ2) is 12.0. The highest BCUT2D eigenvalue weighted by molar-refractivity contribution is 5.94. The van der Waals surface area contributed by atoms with E-state index in [0.29, 0.717) is 19.3 Å². The van der Waals surface area contributed by atoms with E-state index < -0.39 is 12.1 Å². The van der Waals surface area contributed by atoms with E-state index in [4.69, 9.17) is 5.11 Å². The summed E-state index contributed by atoms with van der Waals surface area (Å²) < 4.78 is 0. The van der Waals surface area contributed by atoms with E-state index in [0.717, 1.165) is 32.1 Å². The van der Waals surface area contributed by atoms with Crippen LogP contribution in [-0.2, 0) is 9.59 Å². The summed E-state index contributed by atoms with van der Waals surface area (Å²) >= 11 is 0. The lowest BCUT2D eigenvalue weighted by Gasteiger charge is -2.15. The van der Waals surface area contributed by atoms with Crippen LogP contribution in [0.3, 0.4) is 0 Å². The van der Waals surface area contributed by atoms with Gasteiger partial charge >= 0.3 is 5.97 Å². The Morgan fingerprint density at radius 1 is 1.16 bits per heavy atom. The first-order valence-electron chi connectivity index (χ1n) is 9.38. The summed E-state index contributed by atoms with van der Waals surface area (Å²) in [6.45, 7) is 1.74. The van der Waals surface area contributed by atoms with Crippen LogP contribution in [0.4, 0.5) is 0 Å². The number of aliphatic carboxylic acids is 1. The van der Waals surface area contributed by atoms with Gasteiger partial charge in [-0.25, -0.2) is 0 Å². The highest BCUT2D eigenvalue weighted by Crippen LogP contribution is 2.29. The Labute approximate surface area is 150 Å². The molecular formula is C20H32O5. The molecule has 1 aliphatic carbocycles. The third-order valence-corrected chi connectivity index (χ3v) is 4.65. The van der Waals surface area contributed by atoms with Gasteiger partial charge in [-0.05, 0) is 45.1 Å². The van der Waals surface area contributed by atoms with Crippen molar-refractivity contribution in [3.63, 3.8) is 0 Å². The smallest absolute Gasteiger partial charge is 0.303 e. The molecule has 4 unspecified atom stereocenters. The molecule has 5 heteroatoms. The lowest BCUT2D eigenvalue weighted by atomic mass is 9.88. The lowest BCUT2D eigenvalue weighted by molar-refractivity contribution is -0.137. The van der Waals surface area contributed by atoms with Gasteiger partial charge in [-0.3, -0.25) is 9.59 Å². The van der Waals surface area contributed by atoms with Crippen molar-refractivity contribution < 1.29 is 24.9 Å². The molecule has 0 heterocycles. The Kier molecular flexibility index (Phi) is 10.3. The van der Waals surface area contributed by atoms with Crippen LogP contribution in [0.1, 0.15) is 64.7 Å². The molecule has 25 heavy (non-hydrogen) atoms. The molecule has 0 aromatic carbocycles. The van der Waals surface area contributed by atoms with Gasteiger partial charge < -0.3 is 15.3 Å². The van der Waals surface area contributed by atoms with Crippen LogP contribution >= 0.6 is 0 Å². The Hall–Kier alpha value is -1.46. The van der Waals surface area contributed by atoms with Crippen molar-refractivity contribution >= 4 is 11.8 Å². The molecule has 0 amide bonds. The molecule has 4 atom stereocenters. The molecular weight excluding hydrogens is 320 g/mol. The van der Waals surface area contributed by atoms with Crippen LogP contribution in [0.15, 0.2) is 24.3 Å². The Balaban J connectivity index is 2.30. The Morgan fingerprint density at radius 2 is 1.88 bits per heavy atom. The van der Waals surface area contributed by atoms with Crippen molar-refractivity contribution in [1.29, 1.82) is 0 Å². The van der Waals surface area contributed by atoms with Gasteiger partial charge in [0.1, 0.15) is 0 Å². The molecule has 0 fully saturated rings. The average molecular weight is 352 g/mol. The number of carboxylic acid groups (broad SMARTS) is 1. The van der Waals surface area contributed by atoms with Gasteiger partial charge in [0.25, 0.3) is 0 Å². The first-order valence-corrected chi connectivity index (χ1v) is 9.38. The van der Waals surface area contributed by atoms with Gasteiger partial charge in [-0.1, -0.05) is 37.5 Å². The molecule has 142 valence electrons. The lowest BCUT2D eigenvalue weighted by Crippen LogP contribution is -2.15. The van der Waals surface area contributed by atoms with E-state index in [1.165, 1.54) is 0 Å². The number of carbonyl (C=O) groups excluding carboxylic acids is 1. The molecule has 0 spiro atoms. The number of unbranched alkanes of at least 4 members (excludes halogenated alkanes) is 3. The van der Waals surface area contributed by atoms with E-state index in [1.54, 1.807) is 19.1 Å². The Bertz CT molecular complexity index is 467. The number of carboxylic acids is 1. The Morgan fingerprint density at radius 3 is 2.56 bits per heavy atom. The molecule has 0 radical (unpaired) electrons. The van der Waals surface area contributed by atoms with Crippen molar-refractivity contribution in [1.82, 2.24) is 0 Å². The number of allylic oxidation sites excluding steroid dienone is 3. The van der Waals surface area contributed by atoms with E-state index >= 15 is 0 Å². The first kappa shape index (κ1) is 21.6. The number of carbonyl (C=O) groups is 2. The summed E-state index contributed by atoms with van der Waals surface area (Å²) in [4.78, 5) is 22.5. The zero-order valence-corrected chi connectivity index (χ0v) is 15.1. The second-order valence-corrected chi connectivity index (χ2v) is 7.02. The highest BCUT2D eigenvalue weighted by Gasteiger charge is 2.27. The number of aliphatic hydroxyl groups excluding tert-OH is 2. The van der Waals surface area contributed by atoms with E-state index in [-0.39, 0.29) is 30.1 Å². The van der Waals surface area contributed by atoms with Crippen molar-refractivity contribution in [3.05, 3.63) is 24.3 Å². The molecule has 0 aromatic rings. The van der Waals surface area contributed by atoms with Crippen LogP contribution in [0.5, 0.6) is 0 Å². The zero-order valence-electron chi connectivity index (χ0n) is 15.1. The minimum Gasteiger partial charge on any atom is -0.481 e. The maximum absolute atomic E-state index is 12.0. The third-order valence-electron chi connectivity index (χ3n) is 4.65. The topological polar surface area (TPSA) is 94.8 Å². The summed E-state index contributed by atoms with van der Waals surface area (Å²) in [5.41, 5.74) is 0. The van der Waals surface area contributed by atoms with Crippen molar-refractivity contribution in [2.24, 2.45) is 11.8 Å². The molecule has 5 nitrogen and oxygen atoms in total. The minimum atomic E-state index is -0.757. The molecule has 0 saturated carbocycles. The maximum atomic E-state index is 12.0. The fraction of sp³-hybridized carbons (Fsp3) is 0.700. The molecule has 0 bridgehead atoms. The van der Waals surface area contributed by atoms with Crippen LogP contribution < -0.4 is 0 Å². The molecule has 0 aromatic heterocycles. The number of hydrogen-bond donors (Lipinski definition) is 3. The fourth-order valence-electron chi connectivity index (χ4n) is 3.16. The SMILES string of the molecule is CC(O)CCCC(O)C=CC1C=CC(=O)C1CCCCCCC(=O)O. The maximum Gasteiger partial charge on any atom is 0.303 e. The van der Waals surface area contributed by atoms with Crippen molar-refractivity contribution in [2.45, 2.75) is 76.9 Å². The van der Waals surface area contributed by atoms with Crippen LogP contribution in [0, 0.1) is 11.8 Å². The normalized spacial score (nSPS) is 22.6. The number of ketones is 1. The summed E-state index contributed by atoms with van der Waals surface area (Å²) in [6.07, 6.45) is 12.8. The van der Waals surface area contributed by atoms with Gasteiger partial charge in [0, 0.05) is 18.3 Å². The molecule has 0 saturated heterocycles. The first-order chi connectivity index (χ1) is 11.9. The summed E-state index contributed by atoms with van der Waals surface area (Å²) in [7, 11) is 0. The summed E-state index contributed by atoms with van der Waals surface area (Å²) in [5.74, 6) is -0.630. The number of hydrogen-bond acceptors (Lipinski definition) is 4. The van der Waals surface area contributed by atoms with Gasteiger partial charge in [0.2, 0.25) is 0 Å². The minimum absolute atomic E-state index is 0.0398. The summed E-state index contributed by atoms with van der Waals surface area (Å²) in [6, 6.07) is 0. The van der Waals surface area contributed by atoms with Crippen molar-refractivity contribution in [2.75, 3.05) is 0 Å². The monoisotopic (exact) mass is 352 g/mol. The molecule has 1 aliphatic rings. The van der Waals surface area contributed by atoms with E-state index in [9.17, 15) is 19.8 Å². The largest absolute Gasteiger partial charge is 0.481 e. The fourth-order valence-corrected chi connectivity index (χ4v) is 3.16. The number of rotatable bonds is 13. The van der Waals surface area contributed by atoms with Gasteiger partial charge in [-0.15, -0.1) is 0 Å². The zero-order chi connectivity index (χ0) is 18.7. The quantitative estimate of drug-likeness (QED) is 0.349. The molecule has 0 aliphatic heterocycles. The average Bonchev–Trinajstić information content (AvgIpc) is 2.88. The van der Waals surface area contributed by atoms with Crippen LogP contribution in [-0.4, -0.2) is 39.3 Å². The second-order valence-electron chi connectivity index (χ2n) is 7.02. The predicted molar refractivity (Wildman–Crippen MR) is 97.1 cm³/mol. The summed E-state index contributed by atoms with van der Waals surface area (Å²) in [5, 5.41) is 27.8. The predicted octanol–water partition coefficient (Wildman–Crippen LogP) is 3.25. The van der Waals surface area contributed by atoms with Gasteiger partial charge in [-0.2, -0.15) is 0 Å². The van der Waals surface area contributed by atoms with Gasteiger partial charge in [0.15, 0.2) is 5.78 Å². The van der Waals surface area contributed by atoms with E-state index in [2.05, 4.69) is 0 Å². The van der Waals surface area contributed by atoms with Crippen molar-refractivity contribution in [3.8, 4) is 0 Å². The third kappa shape index (κ3) is 9.56. The highest BCUT2D eigenvalue weighted by atomic mass is 16.4. The van der Waals surface area contributed by atoms with E-state index in [1.807, 2.05) is 12.2 Å². The molecule has 3 N–H and O–H groups in total. The van der Waals surface area contributed by atoms with Crippen LogP contribution in [0.25, 0.3) is 0 Å². The molecule has 1 rings (SSSR count). The standard InChI is InChI=1S/C20H32O5/c1-15(21)7-6-8-17(22)13-11-16-12-14-19(23)18(16)9-4-2-3-5-10-20(24)25/h11-18,21-22H,2-10H2,1H3,(H,24,25). The van der Waals surface area contributed by atoms with Crippen LogP contribution in [0.2, 0.25) is 0 Å².